The van der Waals surface area contributed by atoms with Crippen molar-refractivity contribution in [1.29, 1.82) is 0 Å². The van der Waals surface area contributed by atoms with Gasteiger partial charge in [0.15, 0.2) is 0 Å². The summed E-state index contributed by atoms with van der Waals surface area (Å²) in [6, 6.07) is 9.08. The summed E-state index contributed by atoms with van der Waals surface area (Å²) in [6.07, 6.45) is 3.74. The van der Waals surface area contributed by atoms with Gasteiger partial charge in [-0.05, 0) is 18.4 Å². The molecule has 1 aromatic rings. The maximum atomic E-state index is 2.32. The lowest BCUT2D eigenvalue weighted by Crippen LogP contribution is -2.39. The van der Waals surface area contributed by atoms with Crippen LogP contribution in [0.15, 0.2) is 24.3 Å². The summed E-state index contributed by atoms with van der Waals surface area (Å²) in [7, 11) is 4.65. The lowest BCUT2D eigenvalue weighted by Gasteiger charge is -2.29. The highest BCUT2D eigenvalue weighted by atomic mass is 15.3. The van der Waals surface area contributed by atoms with E-state index in [1.165, 1.54) is 30.5 Å². The van der Waals surface area contributed by atoms with Crippen molar-refractivity contribution in [2.75, 3.05) is 20.6 Å². The molecule has 0 spiro atoms. The van der Waals surface area contributed by atoms with Crippen LogP contribution in [0.4, 0.5) is 0 Å². The van der Waals surface area contributed by atoms with Crippen LogP contribution in [0.2, 0.25) is 0 Å². The van der Waals surface area contributed by atoms with Crippen molar-refractivity contribution < 1.29 is 4.48 Å². The summed E-state index contributed by atoms with van der Waals surface area (Å²) in [5, 5.41) is 0. The van der Waals surface area contributed by atoms with E-state index in [4.69, 9.17) is 0 Å². The monoisotopic (exact) mass is 220 g/mol. The number of hydrogen-bond donors (Lipinski definition) is 0. The molecule has 0 bridgehead atoms. The van der Waals surface area contributed by atoms with Gasteiger partial charge in [0.2, 0.25) is 0 Å². The molecule has 0 radical (unpaired) electrons. The molecular formula is C15H26N+. The third-order valence-electron chi connectivity index (χ3n) is 3.16. The summed E-state index contributed by atoms with van der Waals surface area (Å²) in [6.45, 7) is 6.88. The van der Waals surface area contributed by atoms with Gasteiger partial charge < -0.3 is 4.48 Å². The summed E-state index contributed by atoms with van der Waals surface area (Å²) in [5.74, 6) is 0. The first kappa shape index (κ1) is 13.2. The zero-order valence-corrected chi connectivity index (χ0v) is 11.3. The Morgan fingerprint density at radius 2 is 1.50 bits per heavy atom. The highest BCUT2D eigenvalue weighted by Crippen LogP contribution is 2.12. The van der Waals surface area contributed by atoms with Crippen LogP contribution in [0, 0.1) is 0 Å². The number of unbranched alkanes of at least 4 members (excludes halogenated alkanes) is 1. The van der Waals surface area contributed by atoms with Crippen molar-refractivity contribution in [2.45, 2.75) is 39.7 Å². The van der Waals surface area contributed by atoms with Crippen molar-refractivity contribution in [3.63, 3.8) is 0 Å². The van der Waals surface area contributed by atoms with Gasteiger partial charge in [-0.25, -0.2) is 0 Å². The predicted molar refractivity (Wildman–Crippen MR) is 71.4 cm³/mol. The Balaban J connectivity index is 2.57. The summed E-state index contributed by atoms with van der Waals surface area (Å²) in [4.78, 5) is 0. The molecule has 0 aromatic heterocycles. The fourth-order valence-corrected chi connectivity index (χ4v) is 2.04. The minimum Gasteiger partial charge on any atom is -0.325 e. The summed E-state index contributed by atoms with van der Waals surface area (Å²) in [5.41, 5.74) is 2.89. The number of benzene rings is 1. The van der Waals surface area contributed by atoms with Gasteiger partial charge in [-0.2, -0.15) is 0 Å². The van der Waals surface area contributed by atoms with Gasteiger partial charge in [0, 0.05) is 5.56 Å². The number of nitrogens with zero attached hydrogens (tertiary/aromatic N) is 1. The van der Waals surface area contributed by atoms with Crippen LogP contribution >= 0.6 is 0 Å². The Kier molecular flexibility index (Phi) is 5.01. The molecule has 0 unspecified atom stereocenters. The van der Waals surface area contributed by atoms with Crippen molar-refractivity contribution >= 4 is 0 Å². The summed E-state index contributed by atoms with van der Waals surface area (Å²) < 4.78 is 1.10. The zero-order chi connectivity index (χ0) is 12.0. The van der Waals surface area contributed by atoms with E-state index in [0.29, 0.717) is 0 Å². The molecule has 1 heteroatoms. The van der Waals surface area contributed by atoms with Gasteiger partial charge in [-0.15, -0.1) is 0 Å². The van der Waals surface area contributed by atoms with Gasteiger partial charge in [0.25, 0.3) is 0 Å². The molecule has 1 nitrogen and oxygen atoms in total. The molecule has 16 heavy (non-hydrogen) atoms. The van der Waals surface area contributed by atoms with Crippen LogP contribution in [-0.2, 0) is 13.0 Å². The Hall–Kier alpha value is -0.820. The van der Waals surface area contributed by atoms with Gasteiger partial charge >= 0.3 is 0 Å². The SMILES string of the molecule is CCCC[N+](C)(C)Cc1ccc(CC)cc1. The number of hydrogen-bond acceptors (Lipinski definition) is 0. The van der Waals surface area contributed by atoms with E-state index in [1.807, 2.05) is 0 Å². The molecular weight excluding hydrogens is 194 g/mol. The number of rotatable bonds is 6. The van der Waals surface area contributed by atoms with Crippen LogP contribution in [-0.4, -0.2) is 25.1 Å². The Labute approximate surface area is 101 Å². The maximum Gasteiger partial charge on any atom is 0.104 e. The van der Waals surface area contributed by atoms with E-state index in [-0.39, 0.29) is 0 Å². The third kappa shape index (κ3) is 4.36. The molecule has 0 N–H and O–H groups in total. The Morgan fingerprint density at radius 1 is 0.938 bits per heavy atom. The van der Waals surface area contributed by atoms with E-state index in [9.17, 15) is 0 Å². The Morgan fingerprint density at radius 3 is 2.00 bits per heavy atom. The quantitative estimate of drug-likeness (QED) is 0.642. The van der Waals surface area contributed by atoms with E-state index < -0.39 is 0 Å². The topological polar surface area (TPSA) is 0 Å². The smallest absolute Gasteiger partial charge is 0.104 e. The largest absolute Gasteiger partial charge is 0.325 e. The lowest BCUT2D eigenvalue weighted by atomic mass is 10.1. The van der Waals surface area contributed by atoms with Crippen LogP contribution in [0.25, 0.3) is 0 Å². The van der Waals surface area contributed by atoms with Crippen LogP contribution in [0.3, 0.4) is 0 Å². The van der Waals surface area contributed by atoms with E-state index >= 15 is 0 Å². The first-order valence-corrected chi connectivity index (χ1v) is 6.47. The highest BCUT2D eigenvalue weighted by molar-refractivity contribution is 5.21. The van der Waals surface area contributed by atoms with Gasteiger partial charge in [0.05, 0.1) is 20.6 Å². The number of quaternary nitrogens is 1. The molecule has 90 valence electrons. The van der Waals surface area contributed by atoms with Crippen LogP contribution < -0.4 is 0 Å². The third-order valence-corrected chi connectivity index (χ3v) is 3.16. The Bertz CT molecular complexity index is 298. The standard InChI is InChI=1S/C15H26N/c1-5-7-12-16(3,4)13-15-10-8-14(6-2)9-11-15/h8-11H,5-7,12-13H2,1-4H3/q+1. The second kappa shape index (κ2) is 6.05. The highest BCUT2D eigenvalue weighted by Gasteiger charge is 2.14. The minimum absolute atomic E-state index is 1.10. The molecule has 0 aliphatic heterocycles. The first-order valence-electron chi connectivity index (χ1n) is 6.47. The normalized spacial score (nSPS) is 11.8. The average Bonchev–Trinajstić information content (AvgIpc) is 2.27. The molecule has 0 aliphatic carbocycles. The fraction of sp³-hybridized carbons (Fsp3) is 0.600. The van der Waals surface area contributed by atoms with E-state index in [1.54, 1.807) is 0 Å². The molecule has 0 atom stereocenters. The van der Waals surface area contributed by atoms with Crippen molar-refractivity contribution in [3.8, 4) is 0 Å². The van der Waals surface area contributed by atoms with Crippen LogP contribution in [0.5, 0.6) is 0 Å². The predicted octanol–water partition coefficient (Wildman–Crippen LogP) is 3.63. The van der Waals surface area contributed by atoms with E-state index in [0.717, 1.165) is 17.4 Å². The van der Waals surface area contributed by atoms with Crippen molar-refractivity contribution in [1.82, 2.24) is 0 Å². The molecule has 1 rings (SSSR count). The molecule has 0 saturated carbocycles. The first-order chi connectivity index (χ1) is 7.57. The molecule has 0 fully saturated rings. The zero-order valence-electron chi connectivity index (χ0n) is 11.3. The van der Waals surface area contributed by atoms with Gasteiger partial charge in [-0.3, -0.25) is 0 Å². The molecule has 1 aromatic carbocycles. The summed E-state index contributed by atoms with van der Waals surface area (Å²) >= 11 is 0. The van der Waals surface area contributed by atoms with Crippen molar-refractivity contribution in [2.24, 2.45) is 0 Å². The average molecular weight is 220 g/mol. The lowest BCUT2D eigenvalue weighted by molar-refractivity contribution is -0.903. The minimum atomic E-state index is 1.10. The van der Waals surface area contributed by atoms with Crippen molar-refractivity contribution in [3.05, 3.63) is 35.4 Å². The second-order valence-electron chi connectivity index (χ2n) is 5.34. The number of aryl methyl sites for hydroxylation is 1. The molecule has 0 saturated heterocycles. The molecule has 0 amide bonds. The van der Waals surface area contributed by atoms with Crippen LogP contribution in [0.1, 0.15) is 37.8 Å². The molecule has 0 heterocycles. The van der Waals surface area contributed by atoms with E-state index in [2.05, 4.69) is 52.2 Å². The fourth-order valence-electron chi connectivity index (χ4n) is 2.04. The van der Waals surface area contributed by atoms with Gasteiger partial charge in [0.1, 0.15) is 6.54 Å². The molecule has 0 aliphatic rings. The maximum absolute atomic E-state index is 2.32. The second-order valence-corrected chi connectivity index (χ2v) is 5.34. The van der Waals surface area contributed by atoms with Gasteiger partial charge in [-0.1, -0.05) is 44.5 Å².